The van der Waals surface area contributed by atoms with Crippen molar-refractivity contribution in [3.63, 3.8) is 0 Å². The van der Waals surface area contributed by atoms with Crippen LogP contribution in [0.3, 0.4) is 0 Å². The highest BCUT2D eigenvalue weighted by Crippen LogP contribution is 2.18. The van der Waals surface area contributed by atoms with Gasteiger partial charge in [0.05, 0.1) is 11.9 Å². The predicted molar refractivity (Wildman–Crippen MR) is 42.5 cm³/mol. The topological polar surface area (TPSA) is 50.2 Å². The molecule has 3 nitrogen and oxygen atoms in total. The Hall–Kier alpha value is -1.17. The molecule has 1 N–H and O–H groups in total. The fourth-order valence-electron chi connectivity index (χ4n) is 0.638. The highest BCUT2D eigenvalue weighted by molar-refractivity contribution is 7.99. The summed E-state index contributed by atoms with van der Waals surface area (Å²) in [5.41, 5.74) is 0. The molecule has 0 fully saturated rings. The maximum Gasteiger partial charge on any atom is 0.313 e. The maximum absolute atomic E-state index is 12.8. The van der Waals surface area contributed by atoms with E-state index in [2.05, 4.69) is 4.98 Å². The number of aliphatic carboxylic acids is 1. The third-order valence-corrected chi connectivity index (χ3v) is 2.07. The van der Waals surface area contributed by atoms with Gasteiger partial charge in [0.2, 0.25) is 0 Å². The van der Waals surface area contributed by atoms with Gasteiger partial charge in [0.25, 0.3) is 0 Å². The van der Waals surface area contributed by atoms with Gasteiger partial charge in [-0.3, -0.25) is 4.79 Å². The van der Waals surface area contributed by atoms with Crippen LogP contribution in [0.1, 0.15) is 0 Å². The minimum Gasteiger partial charge on any atom is -0.481 e. The van der Waals surface area contributed by atoms with Crippen LogP contribution in [0, 0.1) is 11.6 Å². The fourth-order valence-corrected chi connectivity index (χ4v) is 1.22. The van der Waals surface area contributed by atoms with E-state index in [1.54, 1.807) is 0 Å². The first-order valence-electron chi connectivity index (χ1n) is 3.25. The molecule has 0 aliphatic heterocycles. The number of halogens is 2. The average Bonchev–Trinajstić information content (AvgIpc) is 2.02. The summed E-state index contributed by atoms with van der Waals surface area (Å²) in [6.45, 7) is 0. The van der Waals surface area contributed by atoms with Crippen LogP contribution in [0.4, 0.5) is 8.78 Å². The number of pyridine rings is 1. The Balaban J connectivity index is 2.72. The zero-order valence-corrected chi connectivity index (χ0v) is 7.15. The van der Waals surface area contributed by atoms with E-state index in [0.29, 0.717) is 17.8 Å². The number of carboxylic acid groups (broad SMARTS) is 1. The van der Waals surface area contributed by atoms with Crippen LogP contribution in [0.15, 0.2) is 17.3 Å². The molecule has 0 aromatic carbocycles. The number of aromatic nitrogens is 1. The van der Waals surface area contributed by atoms with Gasteiger partial charge in [0.15, 0.2) is 5.82 Å². The molecule has 0 radical (unpaired) electrons. The summed E-state index contributed by atoms with van der Waals surface area (Å²) in [5, 5.41) is 8.17. The third-order valence-electron chi connectivity index (χ3n) is 1.11. The Morgan fingerprint density at radius 1 is 1.62 bits per heavy atom. The van der Waals surface area contributed by atoms with Crippen LogP contribution in [-0.4, -0.2) is 21.8 Å². The molecule has 0 aliphatic carbocycles. The first-order valence-corrected chi connectivity index (χ1v) is 4.24. The second-order valence-corrected chi connectivity index (χ2v) is 3.09. The van der Waals surface area contributed by atoms with E-state index in [1.807, 2.05) is 0 Å². The van der Waals surface area contributed by atoms with Crippen LogP contribution < -0.4 is 0 Å². The molecule has 0 bridgehead atoms. The smallest absolute Gasteiger partial charge is 0.313 e. The minimum atomic E-state index is -1.07. The summed E-state index contributed by atoms with van der Waals surface area (Å²) in [4.78, 5) is 13.5. The molecule has 13 heavy (non-hydrogen) atoms. The number of carboxylic acids is 1. The number of thioether (sulfide) groups is 1. The summed E-state index contributed by atoms with van der Waals surface area (Å²) >= 11 is 0.712. The molecule has 0 saturated heterocycles. The summed E-state index contributed by atoms with van der Waals surface area (Å²) in [5.74, 6) is -2.99. The lowest BCUT2D eigenvalue weighted by Crippen LogP contribution is -1.99. The van der Waals surface area contributed by atoms with Gasteiger partial charge in [-0.25, -0.2) is 13.8 Å². The van der Waals surface area contributed by atoms with Crippen LogP contribution in [0.25, 0.3) is 0 Å². The molecule has 1 heterocycles. The molecule has 0 aliphatic rings. The zero-order chi connectivity index (χ0) is 9.84. The fraction of sp³-hybridized carbons (Fsp3) is 0.143. The van der Waals surface area contributed by atoms with Crippen molar-refractivity contribution in [2.75, 3.05) is 5.75 Å². The molecule has 70 valence electrons. The summed E-state index contributed by atoms with van der Waals surface area (Å²) < 4.78 is 25.1. The molecule has 6 heteroatoms. The molecular formula is C7H5F2NO2S. The van der Waals surface area contributed by atoms with Crippen molar-refractivity contribution in [1.29, 1.82) is 0 Å². The second kappa shape index (κ2) is 4.18. The van der Waals surface area contributed by atoms with Crippen LogP contribution in [0.2, 0.25) is 0 Å². The van der Waals surface area contributed by atoms with E-state index >= 15 is 0 Å². The Morgan fingerprint density at radius 2 is 2.31 bits per heavy atom. The standard InChI is InChI=1S/C7H5F2NO2S/c8-4-1-5(9)7(10-2-4)13-3-6(11)12/h1-2H,3H2,(H,11,12). The molecule has 0 saturated carbocycles. The zero-order valence-electron chi connectivity index (χ0n) is 6.33. The highest BCUT2D eigenvalue weighted by atomic mass is 32.2. The summed E-state index contributed by atoms with van der Waals surface area (Å²) in [6, 6.07) is 0.664. The van der Waals surface area contributed by atoms with Crippen LogP contribution in [0.5, 0.6) is 0 Å². The van der Waals surface area contributed by atoms with Gasteiger partial charge in [-0.2, -0.15) is 0 Å². The molecular weight excluding hydrogens is 200 g/mol. The van der Waals surface area contributed by atoms with Crippen molar-refractivity contribution in [2.24, 2.45) is 0 Å². The minimum absolute atomic E-state index is 0.108. The lowest BCUT2D eigenvalue weighted by atomic mass is 10.5. The summed E-state index contributed by atoms with van der Waals surface area (Å²) in [7, 11) is 0. The molecule has 0 atom stereocenters. The Kier molecular flexibility index (Phi) is 3.18. The van der Waals surface area contributed by atoms with Crippen molar-refractivity contribution < 1.29 is 18.7 Å². The monoisotopic (exact) mass is 205 g/mol. The van der Waals surface area contributed by atoms with Gasteiger partial charge in [0.1, 0.15) is 10.8 Å². The van der Waals surface area contributed by atoms with E-state index in [9.17, 15) is 13.6 Å². The maximum atomic E-state index is 12.8. The van der Waals surface area contributed by atoms with Crippen LogP contribution in [-0.2, 0) is 4.79 Å². The van der Waals surface area contributed by atoms with Gasteiger partial charge in [-0.15, -0.1) is 0 Å². The third kappa shape index (κ3) is 2.98. The lowest BCUT2D eigenvalue weighted by molar-refractivity contribution is -0.133. The van der Waals surface area contributed by atoms with Gasteiger partial charge in [-0.1, -0.05) is 11.8 Å². The normalized spacial score (nSPS) is 10.0. The first kappa shape index (κ1) is 9.91. The lowest BCUT2D eigenvalue weighted by Gasteiger charge is -1.98. The Morgan fingerprint density at radius 3 is 2.85 bits per heavy atom. The quantitative estimate of drug-likeness (QED) is 0.760. The first-order chi connectivity index (χ1) is 6.09. The molecule has 1 aromatic rings. The van der Waals surface area contributed by atoms with Gasteiger partial charge >= 0.3 is 5.97 Å². The SMILES string of the molecule is O=C(O)CSc1ncc(F)cc1F. The van der Waals surface area contributed by atoms with Crippen molar-refractivity contribution in [3.05, 3.63) is 23.9 Å². The number of nitrogens with zero attached hydrogens (tertiary/aromatic N) is 1. The van der Waals surface area contributed by atoms with Crippen molar-refractivity contribution in [3.8, 4) is 0 Å². The van der Waals surface area contributed by atoms with E-state index in [-0.39, 0.29) is 10.8 Å². The number of carbonyl (C=O) groups is 1. The second-order valence-electron chi connectivity index (χ2n) is 2.12. The average molecular weight is 205 g/mol. The van der Waals surface area contributed by atoms with E-state index in [0.717, 1.165) is 6.20 Å². The molecule has 0 unspecified atom stereocenters. The van der Waals surface area contributed by atoms with E-state index in [1.165, 1.54) is 0 Å². The van der Waals surface area contributed by atoms with Crippen molar-refractivity contribution in [2.45, 2.75) is 5.03 Å². The van der Waals surface area contributed by atoms with Crippen molar-refractivity contribution in [1.82, 2.24) is 4.98 Å². The van der Waals surface area contributed by atoms with Gasteiger partial charge in [0, 0.05) is 6.07 Å². The largest absolute Gasteiger partial charge is 0.481 e. The van der Waals surface area contributed by atoms with E-state index < -0.39 is 17.6 Å². The van der Waals surface area contributed by atoms with Crippen molar-refractivity contribution >= 4 is 17.7 Å². The molecule has 0 amide bonds. The number of hydrogen-bond donors (Lipinski definition) is 1. The number of rotatable bonds is 3. The highest BCUT2D eigenvalue weighted by Gasteiger charge is 2.07. The molecule has 0 spiro atoms. The molecule has 1 aromatic heterocycles. The number of hydrogen-bond acceptors (Lipinski definition) is 3. The Bertz CT molecular complexity index is 332. The van der Waals surface area contributed by atoms with Crippen LogP contribution >= 0.6 is 11.8 Å². The predicted octanol–water partition coefficient (Wildman–Crippen LogP) is 1.54. The van der Waals surface area contributed by atoms with Gasteiger partial charge < -0.3 is 5.11 Å². The molecule has 1 rings (SSSR count). The Labute approximate surface area is 76.8 Å². The van der Waals surface area contributed by atoms with Gasteiger partial charge in [-0.05, 0) is 0 Å². The van der Waals surface area contributed by atoms with E-state index in [4.69, 9.17) is 5.11 Å². The summed E-state index contributed by atoms with van der Waals surface area (Å²) in [6.07, 6.45) is 0.841.